The van der Waals surface area contributed by atoms with E-state index in [0.717, 1.165) is 18.9 Å². The zero-order valence-corrected chi connectivity index (χ0v) is 10.8. The van der Waals surface area contributed by atoms with E-state index in [1.54, 1.807) is 6.07 Å². The number of piperidine rings is 1. The number of nitriles is 1. The van der Waals surface area contributed by atoms with E-state index < -0.39 is 0 Å². The quantitative estimate of drug-likeness (QED) is 0.805. The molecule has 1 saturated heterocycles. The molecule has 0 aliphatic carbocycles. The minimum Gasteiger partial charge on any atom is -0.396 e. The van der Waals surface area contributed by atoms with Gasteiger partial charge in [0.1, 0.15) is 17.6 Å². The molecular weight excluding hydrogens is 212 g/mol. The Kier molecular flexibility index (Phi) is 3.01. The summed E-state index contributed by atoms with van der Waals surface area (Å²) in [7, 11) is 1.91. The number of nitrogens with two attached hydrogens (primary N) is 1. The summed E-state index contributed by atoms with van der Waals surface area (Å²) in [6, 6.07) is 3.94. The molecule has 4 heteroatoms. The van der Waals surface area contributed by atoms with Crippen molar-refractivity contribution in [3.8, 4) is 6.07 Å². The smallest absolute Gasteiger partial charge is 0.133 e. The molecule has 92 valence electrons. The molecule has 2 atom stereocenters. The molecule has 2 unspecified atom stereocenters. The molecule has 0 amide bonds. The highest BCUT2D eigenvalue weighted by Gasteiger charge is 2.25. The predicted molar refractivity (Wildman–Crippen MR) is 69.7 cm³/mol. The molecule has 0 saturated carbocycles. The second kappa shape index (κ2) is 4.33. The SMILES string of the molecule is CC1CC(C)CN(c2c(N)cc(C#N)n2C)C1. The highest BCUT2D eigenvalue weighted by atomic mass is 15.3. The predicted octanol–water partition coefficient (Wildman–Crippen LogP) is 1.96. The average Bonchev–Trinajstić information content (AvgIpc) is 2.52. The maximum Gasteiger partial charge on any atom is 0.133 e. The van der Waals surface area contributed by atoms with Crippen molar-refractivity contribution in [3.05, 3.63) is 11.8 Å². The maximum atomic E-state index is 9.01. The van der Waals surface area contributed by atoms with E-state index in [1.807, 2.05) is 11.6 Å². The van der Waals surface area contributed by atoms with Gasteiger partial charge in [0.25, 0.3) is 0 Å². The fourth-order valence-electron chi connectivity index (χ4n) is 2.95. The van der Waals surface area contributed by atoms with Crippen molar-refractivity contribution in [2.45, 2.75) is 20.3 Å². The van der Waals surface area contributed by atoms with Crippen LogP contribution in [0.3, 0.4) is 0 Å². The van der Waals surface area contributed by atoms with E-state index in [9.17, 15) is 0 Å². The maximum absolute atomic E-state index is 9.01. The first kappa shape index (κ1) is 11.8. The van der Waals surface area contributed by atoms with Crippen molar-refractivity contribution in [1.82, 2.24) is 4.57 Å². The summed E-state index contributed by atoms with van der Waals surface area (Å²) >= 11 is 0. The molecule has 0 bridgehead atoms. The van der Waals surface area contributed by atoms with Gasteiger partial charge in [-0.1, -0.05) is 13.8 Å². The van der Waals surface area contributed by atoms with Crippen molar-refractivity contribution in [1.29, 1.82) is 5.26 Å². The topological polar surface area (TPSA) is 58.0 Å². The van der Waals surface area contributed by atoms with Crippen LogP contribution in [-0.2, 0) is 7.05 Å². The minimum absolute atomic E-state index is 0.628. The summed E-state index contributed by atoms with van der Waals surface area (Å²) in [5.41, 5.74) is 7.37. The Morgan fingerprint density at radius 2 is 1.94 bits per heavy atom. The molecule has 1 aliphatic rings. The molecule has 2 rings (SSSR count). The van der Waals surface area contributed by atoms with E-state index in [2.05, 4.69) is 24.8 Å². The molecule has 0 radical (unpaired) electrons. The largest absolute Gasteiger partial charge is 0.396 e. The Morgan fingerprint density at radius 3 is 2.41 bits per heavy atom. The zero-order chi connectivity index (χ0) is 12.6. The zero-order valence-electron chi connectivity index (χ0n) is 10.8. The van der Waals surface area contributed by atoms with Gasteiger partial charge in [0.15, 0.2) is 0 Å². The van der Waals surface area contributed by atoms with Crippen LogP contribution in [-0.4, -0.2) is 17.7 Å². The van der Waals surface area contributed by atoms with Gasteiger partial charge >= 0.3 is 0 Å². The van der Waals surface area contributed by atoms with Gasteiger partial charge in [-0.05, 0) is 24.3 Å². The van der Waals surface area contributed by atoms with E-state index in [4.69, 9.17) is 11.0 Å². The number of rotatable bonds is 1. The summed E-state index contributed by atoms with van der Waals surface area (Å²) in [6.45, 7) is 6.59. The van der Waals surface area contributed by atoms with Gasteiger partial charge in [-0.25, -0.2) is 0 Å². The van der Waals surface area contributed by atoms with Gasteiger partial charge in [0, 0.05) is 20.1 Å². The van der Waals surface area contributed by atoms with Crippen LogP contribution >= 0.6 is 0 Å². The van der Waals surface area contributed by atoms with Gasteiger partial charge in [0.05, 0.1) is 5.69 Å². The number of aromatic nitrogens is 1. The lowest BCUT2D eigenvalue weighted by Crippen LogP contribution is -2.40. The Hall–Kier alpha value is -1.63. The number of nitrogens with zero attached hydrogens (tertiary/aromatic N) is 3. The van der Waals surface area contributed by atoms with E-state index in [1.165, 1.54) is 6.42 Å². The third-order valence-electron chi connectivity index (χ3n) is 3.51. The third kappa shape index (κ3) is 2.10. The van der Waals surface area contributed by atoms with Gasteiger partial charge < -0.3 is 15.2 Å². The third-order valence-corrected chi connectivity index (χ3v) is 3.51. The fraction of sp³-hybridized carbons (Fsp3) is 0.615. The van der Waals surface area contributed by atoms with Crippen molar-refractivity contribution in [2.24, 2.45) is 18.9 Å². The molecule has 2 N–H and O–H groups in total. The van der Waals surface area contributed by atoms with Crippen LogP contribution in [0.4, 0.5) is 11.5 Å². The fourth-order valence-corrected chi connectivity index (χ4v) is 2.95. The Labute approximate surface area is 103 Å². The highest BCUT2D eigenvalue weighted by Crippen LogP contribution is 2.31. The molecule has 2 heterocycles. The van der Waals surface area contributed by atoms with Crippen LogP contribution in [0.15, 0.2) is 6.07 Å². The van der Waals surface area contributed by atoms with E-state index in [0.29, 0.717) is 23.2 Å². The molecule has 0 spiro atoms. The first-order chi connectivity index (χ1) is 8.02. The highest BCUT2D eigenvalue weighted by molar-refractivity contribution is 5.67. The first-order valence-corrected chi connectivity index (χ1v) is 6.13. The average molecular weight is 232 g/mol. The molecule has 4 nitrogen and oxygen atoms in total. The Morgan fingerprint density at radius 1 is 1.35 bits per heavy atom. The van der Waals surface area contributed by atoms with Crippen molar-refractivity contribution in [2.75, 3.05) is 23.7 Å². The van der Waals surface area contributed by atoms with Gasteiger partial charge in [-0.2, -0.15) is 5.26 Å². The summed E-state index contributed by atoms with van der Waals surface area (Å²) in [4.78, 5) is 2.31. The Bertz CT molecular complexity index is 445. The van der Waals surface area contributed by atoms with Crippen molar-refractivity contribution in [3.63, 3.8) is 0 Å². The molecule has 1 fully saturated rings. The van der Waals surface area contributed by atoms with E-state index in [-0.39, 0.29) is 0 Å². The molecular formula is C13H20N4. The molecule has 1 aromatic rings. The van der Waals surface area contributed by atoms with Crippen LogP contribution in [0, 0.1) is 23.2 Å². The lowest BCUT2D eigenvalue weighted by molar-refractivity contribution is 0.354. The van der Waals surface area contributed by atoms with Crippen LogP contribution in [0.2, 0.25) is 0 Å². The number of hydrogen-bond acceptors (Lipinski definition) is 3. The number of nitrogen functional groups attached to an aromatic ring is 1. The lowest BCUT2D eigenvalue weighted by atomic mass is 9.92. The summed E-state index contributed by atoms with van der Waals surface area (Å²) in [6.07, 6.45) is 1.27. The van der Waals surface area contributed by atoms with Crippen LogP contribution in [0.1, 0.15) is 26.0 Å². The number of anilines is 2. The number of hydrogen-bond donors (Lipinski definition) is 1. The lowest BCUT2D eigenvalue weighted by Gasteiger charge is -2.37. The summed E-state index contributed by atoms with van der Waals surface area (Å²) in [5.74, 6) is 2.36. The van der Waals surface area contributed by atoms with Gasteiger partial charge in [-0.3, -0.25) is 0 Å². The van der Waals surface area contributed by atoms with Crippen LogP contribution in [0.25, 0.3) is 0 Å². The molecule has 1 aliphatic heterocycles. The van der Waals surface area contributed by atoms with Gasteiger partial charge in [-0.15, -0.1) is 0 Å². The van der Waals surface area contributed by atoms with E-state index >= 15 is 0 Å². The summed E-state index contributed by atoms with van der Waals surface area (Å²) in [5, 5.41) is 9.01. The normalized spacial score (nSPS) is 24.7. The van der Waals surface area contributed by atoms with Crippen molar-refractivity contribution >= 4 is 11.5 Å². The molecule has 0 aromatic carbocycles. The molecule has 17 heavy (non-hydrogen) atoms. The summed E-state index contributed by atoms with van der Waals surface area (Å²) < 4.78 is 1.90. The first-order valence-electron chi connectivity index (χ1n) is 6.13. The van der Waals surface area contributed by atoms with Crippen molar-refractivity contribution < 1.29 is 0 Å². The minimum atomic E-state index is 0.628. The van der Waals surface area contributed by atoms with Crippen LogP contribution in [0.5, 0.6) is 0 Å². The standard InChI is InChI=1S/C13H20N4/c1-9-4-10(2)8-17(7-9)13-12(15)5-11(6-14)16(13)3/h5,9-10H,4,7-8,15H2,1-3H3. The monoisotopic (exact) mass is 232 g/mol. The second-order valence-corrected chi connectivity index (χ2v) is 5.33. The Balaban J connectivity index is 2.34. The van der Waals surface area contributed by atoms with Gasteiger partial charge in [0.2, 0.25) is 0 Å². The second-order valence-electron chi connectivity index (χ2n) is 5.33. The molecule has 1 aromatic heterocycles. The van der Waals surface area contributed by atoms with Crippen LogP contribution < -0.4 is 10.6 Å².